The molecule has 0 spiro atoms. The number of phosphoric ester groups is 1. The van der Waals surface area contributed by atoms with Crippen molar-refractivity contribution >= 4 is 49.0 Å². The summed E-state index contributed by atoms with van der Waals surface area (Å²) in [4.78, 5) is 52.4. The average Bonchev–Trinajstić information content (AvgIpc) is 3.59. The number of phosphoric acid groups is 1. The number of nitrogens with one attached hydrogen (secondary N) is 1. The van der Waals surface area contributed by atoms with Crippen molar-refractivity contribution in [1.82, 2.24) is 14.9 Å². The SMILES string of the molecule is CO[C@H]1C[C@@H](O)[C@H](O[C@@H]2O[C@H](CSCCCCCS[C@@H]3[C@H](O)[C@@H](NC(C)=O)[C@H]([C@H](O)[C@H](O)CO)O[C@]3(OP(=O)(O)OC[C@H]3O[C@@H](n4ccc(N)nc4=O)[C@H](O)[C@@H]3O)C(=O)O)[C@H](O)[C@H](O)[C@H]2O)[C@@H](CO)O1. The quantitative estimate of drug-likeness (QED) is 0.0338. The lowest BCUT2D eigenvalue weighted by atomic mass is 9.88. The number of methoxy groups -OCH3 is 1. The summed E-state index contributed by atoms with van der Waals surface area (Å²) in [6.45, 7) is -1.80. The van der Waals surface area contributed by atoms with Crippen molar-refractivity contribution in [2.24, 2.45) is 0 Å². The van der Waals surface area contributed by atoms with Crippen LogP contribution in [0.5, 0.6) is 0 Å². The zero-order valence-corrected chi connectivity index (χ0v) is 40.2. The fraction of sp³-hybridized carbons (Fsp3) is 0.842. The van der Waals surface area contributed by atoms with Crippen molar-refractivity contribution < 1.29 is 118 Å². The molecular weight excluding hydrogens is 1010 g/mol. The van der Waals surface area contributed by atoms with Crippen LogP contribution in [-0.4, -0.2) is 247 Å². The van der Waals surface area contributed by atoms with Crippen LogP contribution in [0, 0.1) is 0 Å². The largest absolute Gasteiger partial charge is 0.477 e. The van der Waals surface area contributed by atoms with Crippen molar-refractivity contribution in [3.63, 3.8) is 0 Å². The Labute approximate surface area is 407 Å². The van der Waals surface area contributed by atoms with Crippen molar-refractivity contribution in [1.29, 1.82) is 0 Å². The van der Waals surface area contributed by atoms with E-state index in [2.05, 4.69) is 10.3 Å². The van der Waals surface area contributed by atoms with E-state index in [0.29, 0.717) is 30.4 Å². The molecule has 16 N–H and O–H groups in total. The van der Waals surface area contributed by atoms with Gasteiger partial charge in [0.1, 0.15) is 73.0 Å². The minimum Gasteiger partial charge on any atom is -0.477 e. The first kappa shape index (κ1) is 58.6. The second-order valence-electron chi connectivity index (χ2n) is 16.8. The Morgan fingerprint density at radius 2 is 1.66 bits per heavy atom. The standard InChI is InChI=1S/C38H63N4O25PS2/c1-15(45)40-23-27(51)33(70-9-5-3-4-8-69-14-20-26(50)28(52)30(54)35(64-20)65-31-16(46)10-22(60-2)62-18(31)12-44)38(36(55)56,66-32(23)24(48)17(47)11-43)67-68(58,59)61-13-19-25(49)29(53)34(63-19)42-7-6-21(39)41-37(42)57/h6-7,16-20,22-35,43-44,46-54H,3-5,8-14H2,1-2H3,(H,40,45)(H,55,56)(H,58,59)(H2,39,41,57)/t16-,17-,18-,19-,20-,22-,23-,24-,25-,26+,27-,28+,29-,30-,31+,32-,33-,34-,35+,38-/m1/s1. The van der Waals surface area contributed by atoms with E-state index in [0.717, 1.165) is 17.7 Å². The van der Waals surface area contributed by atoms with Gasteiger partial charge in [0.05, 0.1) is 49.4 Å². The van der Waals surface area contributed by atoms with E-state index >= 15 is 0 Å². The lowest BCUT2D eigenvalue weighted by molar-refractivity contribution is -0.338. The van der Waals surface area contributed by atoms with Gasteiger partial charge in [0, 0.05) is 32.4 Å². The van der Waals surface area contributed by atoms with Gasteiger partial charge in [0.2, 0.25) is 5.91 Å². The molecule has 29 nitrogen and oxygen atoms in total. The number of aliphatic carboxylic acids is 1. The van der Waals surface area contributed by atoms with E-state index < -0.39 is 167 Å². The van der Waals surface area contributed by atoms with Gasteiger partial charge in [0.25, 0.3) is 5.79 Å². The Bertz CT molecular complexity index is 1970. The van der Waals surface area contributed by atoms with E-state index in [9.17, 15) is 85.1 Å². The number of aliphatic hydroxyl groups is 11. The van der Waals surface area contributed by atoms with E-state index in [4.69, 9.17) is 43.2 Å². The van der Waals surface area contributed by atoms with Gasteiger partial charge in [-0.25, -0.2) is 18.7 Å². The van der Waals surface area contributed by atoms with Crippen LogP contribution in [0.3, 0.4) is 0 Å². The molecule has 402 valence electrons. The fourth-order valence-corrected chi connectivity index (χ4v) is 11.7. The molecule has 0 bridgehead atoms. The first-order valence-electron chi connectivity index (χ1n) is 21.9. The van der Waals surface area contributed by atoms with Crippen molar-refractivity contribution in [3.05, 3.63) is 22.7 Å². The predicted molar refractivity (Wildman–Crippen MR) is 236 cm³/mol. The molecule has 70 heavy (non-hydrogen) atoms. The second kappa shape index (κ2) is 25.8. The summed E-state index contributed by atoms with van der Waals surface area (Å²) in [6, 6.07) is -0.543. The normalized spacial score (nSPS) is 38.7. The number of nitrogens with two attached hydrogens (primary N) is 1. The maximum Gasteiger partial charge on any atom is 0.475 e. The van der Waals surface area contributed by atoms with Crippen LogP contribution in [0.2, 0.25) is 0 Å². The Kier molecular flexibility index (Phi) is 21.6. The number of amides is 1. The molecule has 0 saturated carbocycles. The van der Waals surface area contributed by atoms with Crippen molar-refractivity contribution in [2.45, 2.75) is 154 Å². The smallest absolute Gasteiger partial charge is 0.475 e. The van der Waals surface area contributed by atoms with Crippen molar-refractivity contribution in [2.75, 3.05) is 49.9 Å². The van der Waals surface area contributed by atoms with Crippen LogP contribution in [0.15, 0.2) is 17.1 Å². The number of hydrogen-bond acceptors (Lipinski definition) is 27. The van der Waals surface area contributed by atoms with Crippen molar-refractivity contribution in [3.8, 4) is 0 Å². The first-order chi connectivity index (χ1) is 33.0. The molecule has 1 aromatic rings. The molecule has 4 fully saturated rings. The number of hydrogen-bond donors (Lipinski definition) is 15. The van der Waals surface area contributed by atoms with Gasteiger partial charge in [-0.2, -0.15) is 16.7 Å². The maximum absolute atomic E-state index is 13.7. The molecule has 5 rings (SSSR count). The van der Waals surface area contributed by atoms with Crippen LogP contribution in [0.1, 0.15) is 38.8 Å². The summed E-state index contributed by atoms with van der Waals surface area (Å²) < 4.78 is 58.1. The third-order valence-corrected chi connectivity index (χ3v) is 15.4. The highest BCUT2D eigenvalue weighted by Crippen LogP contribution is 2.53. The number of rotatable bonds is 24. The molecule has 0 aliphatic carbocycles. The minimum absolute atomic E-state index is 0.0189. The monoisotopic (exact) mass is 1070 g/mol. The summed E-state index contributed by atoms with van der Waals surface area (Å²) >= 11 is 1.94. The molecule has 21 atom stereocenters. The Balaban J connectivity index is 1.23. The molecule has 1 unspecified atom stereocenters. The fourth-order valence-electron chi connectivity index (χ4n) is 8.13. The van der Waals surface area contributed by atoms with Crippen LogP contribution >= 0.6 is 31.3 Å². The highest BCUT2D eigenvalue weighted by atomic mass is 32.2. The Morgan fingerprint density at radius 1 is 0.971 bits per heavy atom. The number of ether oxygens (including phenoxy) is 6. The van der Waals surface area contributed by atoms with Gasteiger partial charge < -0.3 is 106 Å². The highest BCUT2D eigenvalue weighted by Gasteiger charge is 2.65. The Hall–Kier alpha value is -2.25. The van der Waals surface area contributed by atoms with Crippen LogP contribution in [-0.2, 0) is 51.6 Å². The van der Waals surface area contributed by atoms with E-state index in [1.807, 2.05) is 0 Å². The third kappa shape index (κ3) is 13.9. The van der Waals surface area contributed by atoms with Gasteiger partial charge in [-0.1, -0.05) is 6.42 Å². The molecule has 5 heterocycles. The molecule has 4 aliphatic rings. The lowest BCUT2D eigenvalue weighted by Gasteiger charge is -2.50. The summed E-state index contributed by atoms with van der Waals surface area (Å²) in [7, 11) is -4.42. The number of unbranched alkanes of at least 4 members (excludes halogenated alkanes) is 2. The molecule has 1 amide bonds. The van der Waals surface area contributed by atoms with Crippen LogP contribution in [0.4, 0.5) is 5.82 Å². The van der Waals surface area contributed by atoms with Gasteiger partial charge in [-0.15, -0.1) is 11.8 Å². The number of carboxylic acids is 1. The number of aliphatic hydroxyl groups excluding tert-OH is 11. The van der Waals surface area contributed by atoms with Crippen LogP contribution in [0.25, 0.3) is 0 Å². The molecule has 0 aromatic carbocycles. The number of thioether (sulfide) groups is 2. The number of aromatic nitrogens is 2. The third-order valence-electron chi connectivity index (χ3n) is 11.8. The molecule has 4 saturated heterocycles. The lowest BCUT2D eigenvalue weighted by Crippen LogP contribution is -2.73. The number of nitrogens with zero attached hydrogens (tertiary/aromatic N) is 2. The summed E-state index contributed by atoms with van der Waals surface area (Å²) in [5.41, 5.74) is 4.52. The zero-order chi connectivity index (χ0) is 51.8. The zero-order valence-electron chi connectivity index (χ0n) is 37.6. The molecule has 0 radical (unpaired) electrons. The second-order valence-corrected chi connectivity index (χ2v) is 20.6. The topological polar surface area (TPSA) is 461 Å². The van der Waals surface area contributed by atoms with Gasteiger partial charge >= 0.3 is 19.5 Å². The number of carboxylic acid groups (broad SMARTS) is 1. The molecule has 4 aliphatic heterocycles. The van der Waals surface area contributed by atoms with E-state index in [-0.39, 0.29) is 30.2 Å². The first-order valence-corrected chi connectivity index (χ1v) is 25.6. The maximum atomic E-state index is 13.7. The molecular formula is C38H63N4O25PS2. The minimum atomic E-state index is -5.77. The predicted octanol–water partition coefficient (Wildman–Crippen LogP) is -6.35. The van der Waals surface area contributed by atoms with Gasteiger partial charge in [-0.05, 0) is 30.4 Å². The highest BCUT2D eigenvalue weighted by molar-refractivity contribution is 8.00. The van der Waals surface area contributed by atoms with Gasteiger partial charge in [0.15, 0.2) is 18.8 Å². The number of carbonyl (C=O) groups excluding carboxylic acids is 1. The molecule has 32 heteroatoms. The molecule has 1 aromatic heterocycles. The van der Waals surface area contributed by atoms with Gasteiger partial charge in [-0.3, -0.25) is 13.9 Å². The summed E-state index contributed by atoms with van der Waals surface area (Å²) in [6.07, 6.45) is -25.2. The Morgan fingerprint density at radius 3 is 2.29 bits per heavy atom. The van der Waals surface area contributed by atoms with E-state index in [1.165, 1.54) is 24.9 Å². The average molecular weight is 1070 g/mol. The number of anilines is 1. The van der Waals surface area contributed by atoms with E-state index in [1.54, 1.807) is 0 Å². The summed E-state index contributed by atoms with van der Waals surface area (Å²) in [5.74, 6) is -6.11. The number of carbonyl (C=O) groups is 2. The number of nitrogen functional groups attached to an aromatic ring is 1. The summed E-state index contributed by atoms with van der Waals surface area (Å²) in [5, 5.41) is 127. The van der Waals surface area contributed by atoms with Crippen LogP contribution < -0.4 is 16.7 Å².